The number of aliphatic hydroxyl groups is 2. The monoisotopic (exact) mass is 508 g/mol. The molecule has 0 aromatic heterocycles. The zero-order valence-corrected chi connectivity index (χ0v) is 16.8. The lowest BCUT2D eigenvalue weighted by molar-refractivity contribution is -0.419. The minimum absolute atomic E-state index is 0.726. The van der Waals surface area contributed by atoms with Crippen LogP contribution in [0.2, 0.25) is 0 Å². The zero-order chi connectivity index (χ0) is 26.8. The van der Waals surface area contributed by atoms with Gasteiger partial charge in [0, 0.05) is 24.2 Å². The Morgan fingerprint density at radius 2 is 1.06 bits per heavy atom. The summed E-state index contributed by atoms with van der Waals surface area (Å²) >= 11 is 0. The first-order valence-electron chi connectivity index (χ1n) is 8.42. The van der Waals surface area contributed by atoms with Crippen LogP contribution in [0.15, 0.2) is 24.3 Å². The molecule has 0 aromatic rings. The van der Waals surface area contributed by atoms with Gasteiger partial charge < -0.3 is 19.7 Å². The van der Waals surface area contributed by atoms with E-state index in [4.69, 9.17) is 5.11 Å². The number of ether oxygens (including phenoxy) is 2. The molecule has 33 heavy (non-hydrogen) atoms. The van der Waals surface area contributed by atoms with E-state index < -0.39 is 78.1 Å². The molecule has 0 amide bonds. The average Bonchev–Trinajstić information content (AvgIpc) is 2.59. The Labute approximate surface area is 179 Å². The summed E-state index contributed by atoms with van der Waals surface area (Å²) in [5.74, 6) is -43.0. The fourth-order valence-electron chi connectivity index (χ4n) is 1.90. The first-order valence-corrected chi connectivity index (χ1v) is 8.42. The Hall–Kier alpha value is -2.36. The number of esters is 2. The maximum absolute atomic E-state index is 14.2. The number of carbonyl (C=O) groups is 2. The van der Waals surface area contributed by atoms with Gasteiger partial charge in [-0.1, -0.05) is 13.2 Å². The second-order valence-electron chi connectivity index (χ2n) is 6.83. The SMILES string of the molecule is C=C(C)C(=O)OC(O)(CC(F)(F)C(F)(F)C(F)(F)C(F)(F)C(F)(F)CCO)OC(=O)C(=C)C. The fraction of sp³-hybridized carbons (Fsp3) is 0.647. The lowest BCUT2D eigenvalue weighted by atomic mass is 9.91. The second-order valence-corrected chi connectivity index (χ2v) is 6.83. The molecule has 2 N–H and O–H groups in total. The quantitative estimate of drug-likeness (QED) is 0.180. The van der Waals surface area contributed by atoms with Crippen molar-refractivity contribution in [3.63, 3.8) is 0 Å². The predicted octanol–water partition coefficient (Wildman–Crippen LogP) is 3.82. The van der Waals surface area contributed by atoms with Crippen molar-refractivity contribution in [3.8, 4) is 0 Å². The Balaban J connectivity index is 6.45. The van der Waals surface area contributed by atoms with Gasteiger partial charge in [0.05, 0.1) is 0 Å². The number of aliphatic hydroxyl groups excluding tert-OH is 1. The van der Waals surface area contributed by atoms with E-state index in [1.54, 1.807) is 0 Å². The van der Waals surface area contributed by atoms with Crippen molar-refractivity contribution in [2.45, 2.75) is 62.3 Å². The van der Waals surface area contributed by atoms with Crippen molar-refractivity contribution >= 4 is 11.9 Å². The molecule has 0 aliphatic carbocycles. The van der Waals surface area contributed by atoms with Crippen LogP contribution in [-0.4, -0.2) is 64.3 Å². The molecule has 16 heteroatoms. The molecule has 6 nitrogen and oxygen atoms in total. The minimum atomic E-state index is -7.51. The maximum Gasteiger partial charge on any atom is 0.384 e. The summed E-state index contributed by atoms with van der Waals surface area (Å²) in [6.07, 6.45) is -5.81. The highest BCUT2D eigenvalue weighted by molar-refractivity contribution is 5.88. The number of hydrogen-bond acceptors (Lipinski definition) is 6. The van der Waals surface area contributed by atoms with Crippen LogP contribution in [0, 0.1) is 0 Å². The van der Waals surface area contributed by atoms with Crippen molar-refractivity contribution in [2.24, 2.45) is 0 Å². The van der Waals surface area contributed by atoms with Gasteiger partial charge in [-0.3, -0.25) is 0 Å². The summed E-state index contributed by atoms with van der Waals surface area (Å²) in [4.78, 5) is 23.0. The third-order valence-electron chi connectivity index (χ3n) is 3.78. The van der Waals surface area contributed by atoms with E-state index in [0.717, 1.165) is 13.8 Å². The largest absolute Gasteiger partial charge is 0.396 e. The minimum Gasteiger partial charge on any atom is -0.396 e. The summed E-state index contributed by atoms with van der Waals surface area (Å²) in [6.45, 7) is 5.54. The molecular weight excluding hydrogens is 490 g/mol. The van der Waals surface area contributed by atoms with Gasteiger partial charge in [-0.2, -0.15) is 43.9 Å². The Kier molecular flexibility index (Phi) is 8.80. The van der Waals surface area contributed by atoms with Gasteiger partial charge in [0.1, 0.15) is 6.42 Å². The highest BCUT2D eigenvalue weighted by atomic mass is 19.4. The van der Waals surface area contributed by atoms with Crippen molar-refractivity contribution in [2.75, 3.05) is 6.61 Å². The Bertz CT molecular complexity index is 765. The smallest absolute Gasteiger partial charge is 0.384 e. The number of hydrogen-bond donors (Lipinski definition) is 2. The van der Waals surface area contributed by atoms with Crippen LogP contribution < -0.4 is 0 Å². The van der Waals surface area contributed by atoms with Crippen LogP contribution in [0.3, 0.4) is 0 Å². The van der Waals surface area contributed by atoms with Gasteiger partial charge in [-0.25, -0.2) is 9.59 Å². The third kappa shape index (κ3) is 5.96. The molecule has 0 spiro atoms. The van der Waals surface area contributed by atoms with Gasteiger partial charge in [-0.15, -0.1) is 0 Å². The van der Waals surface area contributed by atoms with Crippen molar-refractivity contribution < 1.29 is 73.2 Å². The van der Waals surface area contributed by atoms with Crippen LogP contribution in [0.4, 0.5) is 43.9 Å². The number of alkyl halides is 10. The Morgan fingerprint density at radius 1 is 0.727 bits per heavy atom. The highest BCUT2D eigenvalue weighted by Crippen LogP contribution is 2.59. The van der Waals surface area contributed by atoms with Crippen LogP contribution in [0.5, 0.6) is 0 Å². The van der Waals surface area contributed by atoms with Crippen LogP contribution in [0.1, 0.15) is 26.7 Å². The normalized spacial score (nSPS) is 14.0. The predicted molar refractivity (Wildman–Crippen MR) is 87.8 cm³/mol. The molecule has 0 aliphatic heterocycles. The lowest BCUT2D eigenvalue weighted by Gasteiger charge is -2.40. The molecule has 0 aromatic carbocycles. The average molecular weight is 508 g/mol. The summed E-state index contributed by atoms with van der Waals surface area (Å²) in [6, 6.07) is 0. The number of halogens is 10. The molecule has 0 saturated carbocycles. The van der Waals surface area contributed by atoms with E-state index in [1.165, 1.54) is 0 Å². The van der Waals surface area contributed by atoms with Crippen LogP contribution >= 0.6 is 0 Å². The lowest BCUT2D eigenvalue weighted by Crippen LogP contribution is -2.68. The standard InChI is InChI=1S/C17H18F10O6/c1-8(2)10(29)32-14(31,33-11(30)9(3)4)7-13(20,21)16(24,25)17(26,27)15(22,23)12(18,19)5-6-28/h28,31H,1,3,5-7H2,2,4H3. The van der Waals surface area contributed by atoms with E-state index in [2.05, 4.69) is 22.6 Å². The van der Waals surface area contributed by atoms with Crippen molar-refractivity contribution in [1.82, 2.24) is 0 Å². The molecule has 0 heterocycles. The van der Waals surface area contributed by atoms with E-state index in [-0.39, 0.29) is 0 Å². The molecule has 0 bridgehead atoms. The summed E-state index contributed by atoms with van der Waals surface area (Å²) in [5, 5.41) is 18.1. The molecule has 0 aliphatic rings. The molecular formula is C17H18F10O6. The third-order valence-corrected chi connectivity index (χ3v) is 3.78. The van der Waals surface area contributed by atoms with Crippen molar-refractivity contribution in [3.05, 3.63) is 24.3 Å². The molecule has 0 radical (unpaired) electrons. The first-order chi connectivity index (χ1) is 14.4. The van der Waals surface area contributed by atoms with Gasteiger partial charge in [0.25, 0.3) is 0 Å². The second kappa shape index (κ2) is 9.48. The van der Waals surface area contributed by atoms with Gasteiger partial charge >= 0.3 is 47.5 Å². The molecule has 0 rings (SSSR count). The zero-order valence-electron chi connectivity index (χ0n) is 16.8. The highest BCUT2D eigenvalue weighted by Gasteiger charge is 2.86. The first kappa shape index (κ1) is 30.6. The van der Waals surface area contributed by atoms with E-state index in [1.807, 2.05) is 0 Å². The fourth-order valence-corrected chi connectivity index (χ4v) is 1.90. The van der Waals surface area contributed by atoms with E-state index in [0.29, 0.717) is 0 Å². The van der Waals surface area contributed by atoms with E-state index in [9.17, 15) is 58.6 Å². The molecule has 0 saturated heterocycles. The number of rotatable bonds is 12. The maximum atomic E-state index is 14.2. The number of carbonyl (C=O) groups excluding carboxylic acids is 2. The van der Waals surface area contributed by atoms with Gasteiger partial charge in [-0.05, 0) is 13.8 Å². The topological polar surface area (TPSA) is 93.1 Å². The summed E-state index contributed by atoms with van der Waals surface area (Å²) < 4.78 is 145. The molecule has 192 valence electrons. The van der Waals surface area contributed by atoms with Gasteiger partial charge in [0.15, 0.2) is 0 Å². The van der Waals surface area contributed by atoms with Crippen molar-refractivity contribution in [1.29, 1.82) is 0 Å². The molecule has 0 atom stereocenters. The van der Waals surface area contributed by atoms with Crippen LogP contribution in [0.25, 0.3) is 0 Å². The molecule has 0 fully saturated rings. The molecule has 0 unspecified atom stereocenters. The summed E-state index contributed by atoms with van der Waals surface area (Å²) in [5.41, 5.74) is -1.45. The van der Waals surface area contributed by atoms with Crippen LogP contribution in [-0.2, 0) is 19.1 Å². The van der Waals surface area contributed by atoms with Gasteiger partial charge in [0.2, 0.25) is 0 Å². The van der Waals surface area contributed by atoms with E-state index >= 15 is 0 Å². The Morgan fingerprint density at radius 3 is 1.36 bits per heavy atom. The summed E-state index contributed by atoms with van der Waals surface area (Å²) in [7, 11) is 0.